The number of carbonyl (C=O) groups excluding carboxylic acids is 1. The first-order valence-corrected chi connectivity index (χ1v) is 5.60. The van der Waals surface area contributed by atoms with Crippen molar-refractivity contribution in [3.63, 3.8) is 0 Å². The van der Waals surface area contributed by atoms with Gasteiger partial charge in [-0.25, -0.2) is 0 Å². The molecule has 1 aromatic heterocycles. The minimum absolute atomic E-state index is 0.0635. The van der Waals surface area contributed by atoms with Crippen LogP contribution in [0.15, 0.2) is 24.5 Å². The van der Waals surface area contributed by atoms with Gasteiger partial charge in [-0.15, -0.1) is 0 Å². The quantitative estimate of drug-likeness (QED) is 0.763. The third-order valence-electron chi connectivity index (χ3n) is 2.28. The zero-order valence-corrected chi connectivity index (χ0v) is 10.1. The standard InChI is InChI=1S/C12H16N2O4/c1-9(15)8-14(6-4-11(16)17)12(18)10-3-2-5-13-7-10/h2-3,5,7,9,15H,4,6,8H2,1H3,(H,16,17). The van der Waals surface area contributed by atoms with Crippen molar-refractivity contribution in [2.45, 2.75) is 19.4 Å². The van der Waals surface area contributed by atoms with Crippen molar-refractivity contribution in [2.75, 3.05) is 13.1 Å². The van der Waals surface area contributed by atoms with Gasteiger partial charge in [-0.2, -0.15) is 0 Å². The molecular weight excluding hydrogens is 236 g/mol. The average Bonchev–Trinajstić information content (AvgIpc) is 2.34. The predicted molar refractivity (Wildman–Crippen MR) is 64.1 cm³/mol. The van der Waals surface area contributed by atoms with Crippen molar-refractivity contribution in [2.24, 2.45) is 0 Å². The van der Waals surface area contributed by atoms with Crippen molar-refractivity contribution < 1.29 is 19.8 Å². The number of hydrogen-bond acceptors (Lipinski definition) is 4. The number of aromatic nitrogens is 1. The zero-order chi connectivity index (χ0) is 13.5. The van der Waals surface area contributed by atoms with Crippen molar-refractivity contribution >= 4 is 11.9 Å². The molecule has 2 N–H and O–H groups in total. The van der Waals surface area contributed by atoms with Gasteiger partial charge in [0.1, 0.15) is 0 Å². The van der Waals surface area contributed by atoms with Gasteiger partial charge in [-0.3, -0.25) is 14.6 Å². The van der Waals surface area contributed by atoms with Crippen molar-refractivity contribution in [1.29, 1.82) is 0 Å². The number of aliphatic hydroxyl groups is 1. The summed E-state index contributed by atoms with van der Waals surface area (Å²) in [5.41, 5.74) is 0.378. The molecule has 6 nitrogen and oxygen atoms in total. The molecule has 0 aliphatic heterocycles. The van der Waals surface area contributed by atoms with Crippen LogP contribution in [0, 0.1) is 0 Å². The fourth-order valence-electron chi connectivity index (χ4n) is 1.50. The van der Waals surface area contributed by atoms with E-state index >= 15 is 0 Å². The molecule has 1 heterocycles. The largest absolute Gasteiger partial charge is 0.481 e. The second-order valence-corrected chi connectivity index (χ2v) is 3.99. The first kappa shape index (κ1) is 14.1. The van der Waals surface area contributed by atoms with Crippen LogP contribution < -0.4 is 0 Å². The van der Waals surface area contributed by atoms with E-state index in [4.69, 9.17) is 5.11 Å². The maximum absolute atomic E-state index is 12.1. The fraction of sp³-hybridized carbons (Fsp3) is 0.417. The van der Waals surface area contributed by atoms with Crippen LogP contribution in [0.1, 0.15) is 23.7 Å². The van der Waals surface area contributed by atoms with Gasteiger partial charge in [-0.1, -0.05) is 0 Å². The molecule has 1 rings (SSSR count). The zero-order valence-electron chi connectivity index (χ0n) is 10.1. The molecular formula is C12H16N2O4. The van der Waals surface area contributed by atoms with Crippen LogP contribution in [-0.4, -0.2) is 51.2 Å². The van der Waals surface area contributed by atoms with E-state index in [-0.39, 0.29) is 25.4 Å². The highest BCUT2D eigenvalue weighted by atomic mass is 16.4. The Balaban J connectivity index is 2.75. The molecule has 0 saturated heterocycles. The maximum atomic E-state index is 12.1. The highest BCUT2D eigenvalue weighted by Crippen LogP contribution is 2.05. The summed E-state index contributed by atoms with van der Waals surface area (Å²) in [7, 11) is 0. The first-order valence-electron chi connectivity index (χ1n) is 5.60. The van der Waals surface area contributed by atoms with Crippen molar-refractivity contribution in [1.82, 2.24) is 9.88 Å². The second-order valence-electron chi connectivity index (χ2n) is 3.99. The number of nitrogens with zero attached hydrogens (tertiary/aromatic N) is 2. The Morgan fingerprint density at radius 1 is 1.50 bits per heavy atom. The molecule has 0 fully saturated rings. The van der Waals surface area contributed by atoms with E-state index in [2.05, 4.69) is 4.98 Å². The van der Waals surface area contributed by atoms with Crippen LogP contribution in [0.2, 0.25) is 0 Å². The highest BCUT2D eigenvalue weighted by molar-refractivity contribution is 5.94. The lowest BCUT2D eigenvalue weighted by Crippen LogP contribution is -2.38. The number of aliphatic carboxylic acids is 1. The monoisotopic (exact) mass is 252 g/mol. The van der Waals surface area contributed by atoms with Gasteiger partial charge in [0.2, 0.25) is 0 Å². The number of carboxylic acids is 1. The Labute approximate surface area is 105 Å². The third-order valence-corrected chi connectivity index (χ3v) is 2.28. The fourth-order valence-corrected chi connectivity index (χ4v) is 1.50. The molecule has 1 amide bonds. The molecule has 0 saturated carbocycles. The summed E-state index contributed by atoms with van der Waals surface area (Å²) in [5, 5.41) is 18.0. The summed E-state index contributed by atoms with van der Waals surface area (Å²) in [6, 6.07) is 3.23. The molecule has 0 aliphatic rings. The summed E-state index contributed by atoms with van der Waals surface area (Å²) in [6.45, 7) is 1.71. The lowest BCUT2D eigenvalue weighted by molar-refractivity contribution is -0.137. The van der Waals surface area contributed by atoms with Gasteiger partial charge in [0, 0.05) is 25.5 Å². The third kappa shape index (κ3) is 4.50. The lowest BCUT2D eigenvalue weighted by Gasteiger charge is -2.23. The van der Waals surface area contributed by atoms with E-state index in [0.29, 0.717) is 5.56 Å². The first-order chi connectivity index (χ1) is 8.50. The van der Waals surface area contributed by atoms with E-state index in [1.54, 1.807) is 25.3 Å². The van der Waals surface area contributed by atoms with E-state index in [1.807, 2.05) is 0 Å². The van der Waals surface area contributed by atoms with Crippen LogP contribution in [0.25, 0.3) is 0 Å². The van der Waals surface area contributed by atoms with Crippen LogP contribution in [0.3, 0.4) is 0 Å². The second kappa shape index (κ2) is 6.70. The molecule has 1 atom stereocenters. The average molecular weight is 252 g/mol. The predicted octanol–water partition coefficient (Wildman–Crippen LogP) is 0.379. The minimum atomic E-state index is -0.982. The summed E-state index contributed by atoms with van der Waals surface area (Å²) < 4.78 is 0. The molecule has 18 heavy (non-hydrogen) atoms. The van der Waals surface area contributed by atoms with Gasteiger partial charge in [0.25, 0.3) is 5.91 Å². The van der Waals surface area contributed by atoms with E-state index in [9.17, 15) is 14.7 Å². The molecule has 0 radical (unpaired) electrons. The van der Waals surface area contributed by atoms with Crippen molar-refractivity contribution in [3.8, 4) is 0 Å². The topological polar surface area (TPSA) is 90.7 Å². The van der Waals surface area contributed by atoms with Gasteiger partial charge in [-0.05, 0) is 19.1 Å². The van der Waals surface area contributed by atoms with E-state index < -0.39 is 12.1 Å². The minimum Gasteiger partial charge on any atom is -0.481 e. The molecule has 0 aromatic carbocycles. The van der Waals surface area contributed by atoms with Crippen LogP contribution >= 0.6 is 0 Å². The molecule has 98 valence electrons. The van der Waals surface area contributed by atoms with Crippen LogP contribution in [-0.2, 0) is 4.79 Å². The van der Waals surface area contributed by atoms with E-state index in [0.717, 1.165) is 0 Å². The lowest BCUT2D eigenvalue weighted by atomic mass is 10.2. The number of pyridine rings is 1. The summed E-state index contributed by atoms with van der Waals surface area (Å²) in [6.07, 6.45) is 2.10. The van der Waals surface area contributed by atoms with Gasteiger partial charge in [0.15, 0.2) is 0 Å². The number of aliphatic hydroxyl groups excluding tert-OH is 1. The van der Waals surface area contributed by atoms with E-state index in [1.165, 1.54) is 11.1 Å². The normalized spacial score (nSPS) is 11.9. The molecule has 1 aromatic rings. The summed E-state index contributed by atoms with van der Waals surface area (Å²) in [4.78, 5) is 27.8. The van der Waals surface area contributed by atoms with Gasteiger partial charge < -0.3 is 15.1 Å². The maximum Gasteiger partial charge on any atom is 0.305 e. The smallest absolute Gasteiger partial charge is 0.305 e. The SMILES string of the molecule is CC(O)CN(CCC(=O)O)C(=O)c1cccnc1. The number of carbonyl (C=O) groups is 2. The Morgan fingerprint density at radius 3 is 2.72 bits per heavy atom. The Hall–Kier alpha value is -1.95. The summed E-state index contributed by atoms with van der Waals surface area (Å²) in [5.74, 6) is -1.31. The van der Waals surface area contributed by atoms with Crippen LogP contribution in [0.4, 0.5) is 0 Å². The Morgan fingerprint density at radius 2 is 2.22 bits per heavy atom. The number of hydrogen-bond donors (Lipinski definition) is 2. The highest BCUT2D eigenvalue weighted by Gasteiger charge is 2.18. The van der Waals surface area contributed by atoms with Crippen molar-refractivity contribution in [3.05, 3.63) is 30.1 Å². The van der Waals surface area contributed by atoms with Gasteiger partial charge in [0.05, 0.1) is 18.1 Å². The molecule has 0 bridgehead atoms. The Kier molecular flexibility index (Phi) is 5.26. The molecule has 1 unspecified atom stereocenters. The molecule has 0 spiro atoms. The number of rotatable bonds is 6. The Bertz CT molecular complexity index is 406. The molecule has 0 aliphatic carbocycles. The summed E-state index contributed by atoms with van der Waals surface area (Å²) >= 11 is 0. The molecule has 6 heteroatoms. The van der Waals surface area contributed by atoms with Crippen LogP contribution in [0.5, 0.6) is 0 Å². The number of amides is 1. The van der Waals surface area contributed by atoms with Gasteiger partial charge >= 0.3 is 5.97 Å². The number of carboxylic acid groups (broad SMARTS) is 1.